The van der Waals surface area contributed by atoms with Gasteiger partial charge in [-0.2, -0.15) is 4.57 Å². The van der Waals surface area contributed by atoms with E-state index in [4.69, 9.17) is 5.73 Å². The highest BCUT2D eigenvalue weighted by Crippen LogP contribution is 2.06. The molecule has 1 aromatic rings. The molecule has 1 aromatic heterocycles. The standard InChI is InChI=1S/C6H7N2O2P/c7-6-3-1-2-4-8(6)5-11(9)10/h1-4,7H,5H2/p+1. The Kier molecular flexibility index (Phi) is 2.52. The van der Waals surface area contributed by atoms with Crippen molar-refractivity contribution in [3.63, 3.8) is 0 Å². The van der Waals surface area contributed by atoms with Gasteiger partial charge < -0.3 is 4.89 Å². The van der Waals surface area contributed by atoms with Crippen molar-refractivity contribution in [2.24, 2.45) is 0 Å². The van der Waals surface area contributed by atoms with E-state index in [1.807, 2.05) is 0 Å². The maximum atomic E-state index is 10.3. The van der Waals surface area contributed by atoms with Gasteiger partial charge >= 0.3 is 8.03 Å². The first-order valence-corrected chi connectivity index (χ1v) is 4.42. The molecule has 0 saturated carbocycles. The second-order valence-electron chi connectivity index (χ2n) is 2.07. The van der Waals surface area contributed by atoms with E-state index in [0.717, 1.165) is 0 Å². The van der Waals surface area contributed by atoms with Gasteiger partial charge in [0.25, 0.3) is 12.1 Å². The van der Waals surface area contributed by atoms with E-state index in [2.05, 4.69) is 0 Å². The molecule has 0 radical (unpaired) electrons. The van der Waals surface area contributed by atoms with Crippen molar-refractivity contribution in [3.8, 4) is 0 Å². The third-order valence-electron chi connectivity index (χ3n) is 1.24. The van der Waals surface area contributed by atoms with E-state index in [0.29, 0.717) is 5.82 Å². The Labute approximate surface area is 65.2 Å². The lowest BCUT2D eigenvalue weighted by Crippen LogP contribution is -2.35. The first kappa shape index (κ1) is 8.11. The molecule has 4 nitrogen and oxygen atoms in total. The van der Waals surface area contributed by atoms with Gasteiger partial charge in [0.15, 0.2) is 0 Å². The average Bonchev–Trinajstić information content (AvgIpc) is 1.93. The molecule has 1 rings (SSSR count). The van der Waals surface area contributed by atoms with Crippen LogP contribution in [0.15, 0.2) is 24.4 Å². The maximum Gasteiger partial charge on any atom is 0.355 e. The molecule has 2 N–H and O–H groups in total. The molecule has 11 heavy (non-hydrogen) atoms. The minimum absolute atomic E-state index is 0.0536. The fourth-order valence-corrected chi connectivity index (χ4v) is 1.25. The van der Waals surface area contributed by atoms with Crippen molar-refractivity contribution in [2.45, 2.75) is 6.29 Å². The van der Waals surface area contributed by atoms with Gasteiger partial charge in [-0.3, -0.25) is 5.73 Å². The first-order chi connectivity index (χ1) is 5.20. The first-order valence-electron chi connectivity index (χ1n) is 3.06. The Morgan fingerprint density at radius 3 is 2.91 bits per heavy atom. The van der Waals surface area contributed by atoms with E-state index >= 15 is 0 Å². The lowest BCUT2D eigenvalue weighted by molar-refractivity contribution is -0.665. The number of hydrogen-bond donors (Lipinski definition) is 1. The van der Waals surface area contributed by atoms with Crippen LogP contribution in [0.5, 0.6) is 0 Å². The Morgan fingerprint density at radius 2 is 2.36 bits per heavy atom. The number of anilines is 1. The number of aromatic nitrogens is 1. The minimum Gasteiger partial charge on any atom is -0.592 e. The average molecular weight is 171 g/mol. The molecule has 0 fully saturated rings. The van der Waals surface area contributed by atoms with Crippen LogP contribution >= 0.6 is 8.03 Å². The predicted molar refractivity (Wildman–Crippen MR) is 38.7 cm³/mol. The summed E-state index contributed by atoms with van der Waals surface area (Å²) in [5, 5.41) is 0. The van der Waals surface area contributed by atoms with E-state index in [1.165, 1.54) is 4.57 Å². The summed E-state index contributed by atoms with van der Waals surface area (Å²) in [6.07, 6.45) is 1.57. The van der Waals surface area contributed by atoms with Crippen LogP contribution in [0.1, 0.15) is 0 Å². The van der Waals surface area contributed by atoms with Crippen LogP contribution in [0.2, 0.25) is 0 Å². The smallest absolute Gasteiger partial charge is 0.355 e. The van der Waals surface area contributed by atoms with Crippen LogP contribution in [0.3, 0.4) is 0 Å². The van der Waals surface area contributed by atoms with E-state index in [1.54, 1.807) is 24.4 Å². The van der Waals surface area contributed by atoms with Crippen LogP contribution in [0, 0.1) is 0 Å². The van der Waals surface area contributed by atoms with Crippen LogP contribution in [-0.2, 0) is 10.9 Å². The maximum absolute atomic E-state index is 10.3. The van der Waals surface area contributed by atoms with E-state index in [9.17, 15) is 9.46 Å². The predicted octanol–water partition coefficient (Wildman–Crippen LogP) is -0.384. The fourth-order valence-electron chi connectivity index (χ4n) is 0.743. The topological polar surface area (TPSA) is 70.0 Å². The summed E-state index contributed by atoms with van der Waals surface area (Å²) in [6, 6.07) is 5.14. The SMILES string of the molecule is Nc1cccc[n+]1C[P+](=O)[O-]. The highest BCUT2D eigenvalue weighted by molar-refractivity contribution is 7.34. The van der Waals surface area contributed by atoms with Crippen LogP contribution in [0.4, 0.5) is 5.82 Å². The summed E-state index contributed by atoms with van der Waals surface area (Å²) in [6.45, 7) is 0. The molecule has 1 atom stereocenters. The van der Waals surface area contributed by atoms with Gasteiger partial charge in [-0.1, -0.05) is 10.6 Å². The molecule has 0 saturated heterocycles. The summed E-state index contributed by atoms with van der Waals surface area (Å²) in [5.74, 6) is 0.451. The van der Waals surface area contributed by atoms with Crippen LogP contribution in [-0.4, -0.2) is 0 Å². The molecule has 1 heterocycles. The van der Waals surface area contributed by atoms with Gasteiger partial charge in [-0.05, 0) is 6.07 Å². The van der Waals surface area contributed by atoms with E-state index < -0.39 is 8.03 Å². The van der Waals surface area contributed by atoms with Crippen molar-refractivity contribution in [1.82, 2.24) is 0 Å². The number of nitrogen functional groups attached to an aromatic ring is 1. The quantitative estimate of drug-likeness (QED) is 0.487. The second-order valence-corrected chi connectivity index (χ2v) is 3.02. The molecule has 1 unspecified atom stereocenters. The Morgan fingerprint density at radius 1 is 1.64 bits per heavy atom. The second kappa shape index (κ2) is 3.42. The Bertz CT molecular complexity index is 277. The lowest BCUT2D eigenvalue weighted by atomic mass is 10.5. The monoisotopic (exact) mass is 171 g/mol. The van der Waals surface area contributed by atoms with Gasteiger partial charge in [0.05, 0.1) is 6.20 Å². The molecule has 5 heteroatoms. The van der Waals surface area contributed by atoms with E-state index in [-0.39, 0.29) is 6.29 Å². The largest absolute Gasteiger partial charge is 0.592 e. The van der Waals surface area contributed by atoms with Crippen molar-refractivity contribution in [2.75, 3.05) is 5.73 Å². The van der Waals surface area contributed by atoms with Gasteiger partial charge in [0.2, 0.25) is 0 Å². The van der Waals surface area contributed by atoms with Crippen molar-refractivity contribution in [1.29, 1.82) is 0 Å². The highest BCUT2D eigenvalue weighted by Gasteiger charge is 2.08. The zero-order chi connectivity index (χ0) is 8.27. The summed E-state index contributed by atoms with van der Waals surface area (Å²) in [5.41, 5.74) is 5.46. The number of pyridine rings is 1. The number of nitrogens with zero attached hydrogens (tertiary/aromatic N) is 1. The highest BCUT2D eigenvalue weighted by atomic mass is 31.1. The van der Waals surface area contributed by atoms with Gasteiger partial charge in [0.1, 0.15) is 0 Å². The van der Waals surface area contributed by atoms with Crippen LogP contribution in [0.25, 0.3) is 0 Å². The molecule has 0 aliphatic carbocycles. The Balaban J connectivity index is 2.86. The van der Waals surface area contributed by atoms with Gasteiger partial charge in [0, 0.05) is 6.07 Å². The zero-order valence-electron chi connectivity index (χ0n) is 5.80. The number of hydrogen-bond acceptors (Lipinski definition) is 3. The molecule has 0 bridgehead atoms. The number of nitrogens with two attached hydrogens (primary N) is 1. The lowest BCUT2D eigenvalue weighted by Gasteiger charge is -1.94. The minimum atomic E-state index is -2.41. The fraction of sp³-hybridized carbons (Fsp3) is 0.167. The summed E-state index contributed by atoms with van der Waals surface area (Å²) < 4.78 is 11.7. The molecule has 0 amide bonds. The zero-order valence-corrected chi connectivity index (χ0v) is 6.70. The molecule has 0 spiro atoms. The van der Waals surface area contributed by atoms with Crippen LogP contribution < -0.4 is 15.2 Å². The summed E-state index contributed by atoms with van der Waals surface area (Å²) >= 11 is 0. The molecule has 0 aliphatic rings. The summed E-state index contributed by atoms with van der Waals surface area (Å²) in [4.78, 5) is 10.3. The van der Waals surface area contributed by atoms with Crippen molar-refractivity contribution >= 4 is 13.8 Å². The van der Waals surface area contributed by atoms with Gasteiger partial charge in [-0.25, -0.2) is 0 Å². The van der Waals surface area contributed by atoms with Crippen molar-refractivity contribution in [3.05, 3.63) is 24.4 Å². The molecular formula is C6H8N2O2P+. The Hall–Kier alpha value is -0.990. The normalized spacial score (nSPS) is 11.2. The number of rotatable bonds is 2. The third kappa shape index (κ3) is 2.26. The molecule has 0 aliphatic heterocycles. The summed E-state index contributed by atoms with van der Waals surface area (Å²) in [7, 11) is -2.41. The molecule has 58 valence electrons. The third-order valence-corrected chi connectivity index (χ3v) is 1.78. The van der Waals surface area contributed by atoms with Crippen molar-refractivity contribution < 1.29 is 14.0 Å². The van der Waals surface area contributed by atoms with Gasteiger partial charge in [-0.15, -0.1) is 0 Å². The molecule has 0 aromatic carbocycles. The molecular weight excluding hydrogens is 163 g/mol.